The first-order valence-electron chi connectivity index (χ1n) is 8.51. The number of benzene rings is 2. The van der Waals surface area contributed by atoms with Gasteiger partial charge in [0.05, 0.1) is 13.7 Å². The van der Waals surface area contributed by atoms with Gasteiger partial charge in [0, 0.05) is 34.9 Å². The Bertz CT molecular complexity index is 1050. The highest BCUT2D eigenvalue weighted by molar-refractivity contribution is 5.94. The summed E-state index contributed by atoms with van der Waals surface area (Å²) in [6.07, 6.45) is 5.63. The van der Waals surface area contributed by atoms with Crippen molar-refractivity contribution in [1.29, 1.82) is 0 Å². The molecule has 2 aromatic heterocycles. The highest BCUT2D eigenvalue weighted by Gasteiger charge is 2.13. The number of pyridine rings is 1. The average Bonchev–Trinajstić information content (AvgIpc) is 2.99. The first-order chi connectivity index (χ1) is 12.7. The van der Waals surface area contributed by atoms with E-state index in [1.807, 2.05) is 60.3 Å². The van der Waals surface area contributed by atoms with Crippen LogP contribution in [-0.4, -0.2) is 21.8 Å². The SMILES string of the molecule is COc1ccc(Cn2cc3cc(-c4cccnc4)cc(C)c3c2O)cc1. The maximum Gasteiger partial charge on any atom is 0.199 e. The second-order valence-electron chi connectivity index (χ2n) is 6.43. The monoisotopic (exact) mass is 344 g/mol. The fourth-order valence-corrected chi connectivity index (χ4v) is 3.34. The molecule has 2 heterocycles. The zero-order valence-electron chi connectivity index (χ0n) is 14.8. The number of aromatic hydroxyl groups is 1. The third-order valence-corrected chi connectivity index (χ3v) is 4.66. The van der Waals surface area contributed by atoms with Crippen LogP contribution in [0.2, 0.25) is 0 Å². The molecule has 0 aliphatic heterocycles. The molecule has 2 aromatic carbocycles. The van der Waals surface area contributed by atoms with E-state index < -0.39 is 0 Å². The van der Waals surface area contributed by atoms with Crippen LogP contribution in [0.3, 0.4) is 0 Å². The molecule has 0 radical (unpaired) electrons. The van der Waals surface area contributed by atoms with Crippen molar-refractivity contribution in [3.05, 3.63) is 78.2 Å². The van der Waals surface area contributed by atoms with Crippen LogP contribution in [0.5, 0.6) is 11.6 Å². The molecular formula is C22H20N2O2. The maximum absolute atomic E-state index is 10.7. The number of fused-ring (bicyclic) bond motifs is 1. The van der Waals surface area contributed by atoms with E-state index in [1.54, 1.807) is 13.3 Å². The van der Waals surface area contributed by atoms with E-state index in [0.29, 0.717) is 12.4 Å². The fraction of sp³-hybridized carbons (Fsp3) is 0.136. The molecule has 4 heteroatoms. The summed E-state index contributed by atoms with van der Waals surface area (Å²) in [7, 11) is 1.65. The predicted octanol–water partition coefficient (Wildman–Crippen LogP) is 4.77. The minimum Gasteiger partial charge on any atom is -0.497 e. The second-order valence-corrected chi connectivity index (χ2v) is 6.43. The number of methoxy groups -OCH3 is 1. The molecule has 0 atom stereocenters. The highest BCUT2D eigenvalue weighted by atomic mass is 16.5. The molecule has 0 saturated carbocycles. The van der Waals surface area contributed by atoms with Crippen molar-refractivity contribution < 1.29 is 9.84 Å². The lowest BCUT2D eigenvalue weighted by atomic mass is 10.0. The van der Waals surface area contributed by atoms with Crippen molar-refractivity contribution >= 4 is 10.8 Å². The van der Waals surface area contributed by atoms with Gasteiger partial charge in [-0.1, -0.05) is 24.3 Å². The first kappa shape index (κ1) is 16.2. The van der Waals surface area contributed by atoms with E-state index in [-0.39, 0.29) is 0 Å². The summed E-state index contributed by atoms with van der Waals surface area (Å²) in [6, 6.07) is 16.1. The summed E-state index contributed by atoms with van der Waals surface area (Å²) in [6.45, 7) is 2.63. The molecule has 0 aliphatic carbocycles. The Hall–Kier alpha value is -3.27. The number of hydrogen-bond donors (Lipinski definition) is 1. The molecule has 0 bridgehead atoms. The van der Waals surface area contributed by atoms with Gasteiger partial charge in [-0.15, -0.1) is 0 Å². The second kappa shape index (κ2) is 6.56. The molecule has 0 unspecified atom stereocenters. The number of aromatic nitrogens is 2. The Morgan fingerprint density at radius 2 is 1.88 bits per heavy atom. The standard InChI is InChI=1S/C22H20N2O2/c1-15-10-18(17-4-3-9-23-12-17)11-19-14-24(22(25)21(15)19)13-16-5-7-20(26-2)8-6-16/h3-12,14,25H,13H2,1-2H3. The van der Waals surface area contributed by atoms with Crippen LogP contribution in [-0.2, 0) is 6.54 Å². The van der Waals surface area contributed by atoms with E-state index in [4.69, 9.17) is 4.74 Å². The Kier molecular flexibility index (Phi) is 4.09. The normalized spacial score (nSPS) is 11.0. The minimum atomic E-state index is 0.297. The van der Waals surface area contributed by atoms with Crippen molar-refractivity contribution in [3.8, 4) is 22.8 Å². The maximum atomic E-state index is 10.7. The lowest BCUT2D eigenvalue weighted by molar-refractivity contribution is 0.414. The van der Waals surface area contributed by atoms with Gasteiger partial charge in [-0.05, 0) is 47.9 Å². The molecule has 1 N–H and O–H groups in total. The van der Waals surface area contributed by atoms with Gasteiger partial charge in [-0.2, -0.15) is 0 Å². The summed E-state index contributed by atoms with van der Waals surface area (Å²) < 4.78 is 7.08. The molecule has 0 saturated heterocycles. The highest BCUT2D eigenvalue weighted by Crippen LogP contribution is 2.34. The van der Waals surface area contributed by atoms with E-state index in [1.165, 1.54) is 0 Å². The third kappa shape index (κ3) is 2.90. The van der Waals surface area contributed by atoms with E-state index >= 15 is 0 Å². The van der Waals surface area contributed by atoms with Crippen LogP contribution in [0.4, 0.5) is 0 Å². The molecule has 0 aliphatic rings. The van der Waals surface area contributed by atoms with E-state index in [0.717, 1.165) is 38.8 Å². The van der Waals surface area contributed by atoms with Gasteiger partial charge < -0.3 is 14.4 Å². The van der Waals surface area contributed by atoms with Gasteiger partial charge in [0.1, 0.15) is 5.75 Å². The number of ether oxygens (including phenoxy) is 1. The minimum absolute atomic E-state index is 0.297. The summed E-state index contributed by atoms with van der Waals surface area (Å²) in [4.78, 5) is 4.20. The van der Waals surface area contributed by atoms with Gasteiger partial charge in [-0.3, -0.25) is 4.98 Å². The van der Waals surface area contributed by atoms with Gasteiger partial charge >= 0.3 is 0 Å². The van der Waals surface area contributed by atoms with E-state index in [9.17, 15) is 5.11 Å². The molecule has 0 spiro atoms. The zero-order chi connectivity index (χ0) is 18.1. The number of aryl methyl sites for hydroxylation is 1. The van der Waals surface area contributed by atoms with Crippen LogP contribution in [0.1, 0.15) is 11.1 Å². The van der Waals surface area contributed by atoms with Crippen molar-refractivity contribution in [3.63, 3.8) is 0 Å². The smallest absolute Gasteiger partial charge is 0.199 e. The quantitative estimate of drug-likeness (QED) is 0.580. The molecule has 4 rings (SSSR count). The summed E-state index contributed by atoms with van der Waals surface area (Å²) in [5.41, 5.74) is 4.32. The summed E-state index contributed by atoms with van der Waals surface area (Å²) in [5.74, 6) is 1.12. The van der Waals surface area contributed by atoms with Crippen LogP contribution in [0.25, 0.3) is 21.9 Å². The van der Waals surface area contributed by atoms with Gasteiger partial charge in [0.2, 0.25) is 0 Å². The van der Waals surface area contributed by atoms with Gasteiger partial charge in [0.15, 0.2) is 5.88 Å². The average molecular weight is 344 g/mol. The number of hydrogen-bond acceptors (Lipinski definition) is 3. The summed E-state index contributed by atoms with van der Waals surface area (Å²) in [5, 5.41) is 12.6. The lowest BCUT2D eigenvalue weighted by Crippen LogP contribution is -1.97. The van der Waals surface area contributed by atoms with Crippen molar-refractivity contribution in [2.75, 3.05) is 7.11 Å². The fourth-order valence-electron chi connectivity index (χ4n) is 3.34. The van der Waals surface area contributed by atoms with Crippen LogP contribution >= 0.6 is 0 Å². The van der Waals surface area contributed by atoms with Crippen LogP contribution < -0.4 is 4.74 Å². The Morgan fingerprint density at radius 3 is 2.58 bits per heavy atom. The molecule has 130 valence electrons. The van der Waals surface area contributed by atoms with Gasteiger partial charge in [0.25, 0.3) is 0 Å². The zero-order valence-corrected chi connectivity index (χ0v) is 14.8. The Labute approximate surface area is 152 Å². The third-order valence-electron chi connectivity index (χ3n) is 4.66. The lowest BCUT2D eigenvalue weighted by Gasteiger charge is -2.07. The number of nitrogens with zero attached hydrogens (tertiary/aromatic N) is 2. The van der Waals surface area contributed by atoms with E-state index in [2.05, 4.69) is 17.1 Å². The topological polar surface area (TPSA) is 47.3 Å². The van der Waals surface area contributed by atoms with Crippen molar-refractivity contribution in [2.45, 2.75) is 13.5 Å². The largest absolute Gasteiger partial charge is 0.497 e. The molecule has 0 fully saturated rings. The van der Waals surface area contributed by atoms with Crippen molar-refractivity contribution in [1.82, 2.24) is 9.55 Å². The van der Waals surface area contributed by atoms with Gasteiger partial charge in [-0.25, -0.2) is 0 Å². The molecule has 26 heavy (non-hydrogen) atoms. The Balaban J connectivity index is 1.74. The predicted molar refractivity (Wildman–Crippen MR) is 104 cm³/mol. The molecule has 4 aromatic rings. The molecule has 4 nitrogen and oxygen atoms in total. The Morgan fingerprint density at radius 1 is 1.08 bits per heavy atom. The number of rotatable bonds is 4. The van der Waals surface area contributed by atoms with Crippen molar-refractivity contribution in [2.24, 2.45) is 0 Å². The first-order valence-corrected chi connectivity index (χ1v) is 8.51. The molecular weight excluding hydrogens is 324 g/mol. The van der Waals surface area contributed by atoms with Crippen LogP contribution in [0.15, 0.2) is 67.1 Å². The van der Waals surface area contributed by atoms with Crippen LogP contribution in [0, 0.1) is 6.92 Å². The molecule has 0 amide bonds. The summed E-state index contributed by atoms with van der Waals surface area (Å²) >= 11 is 0.